The molecule has 0 atom stereocenters. The Morgan fingerprint density at radius 1 is 0.655 bits per heavy atom. The quantitative estimate of drug-likeness (QED) is 0.103. The zero-order chi connectivity index (χ0) is 39.8. The molecule has 0 radical (unpaired) electrons. The summed E-state index contributed by atoms with van der Waals surface area (Å²) in [5.74, 6) is 2.92. The molecule has 58 heavy (non-hydrogen) atoms. The Hall–Kier alpha value is -6.72. The Balaban J connectivity index is 1.10. The Kier molecular flexibility index (Phi) is 9.74. The van der Waals surface area contributed by atoms with Crippen LogP contribution in [0.25, 0.3) is 61.3 Å². The Bertz CT molecular complexity index is 2820. The summed E-state index contributed by atoms with van der Waals surface area (Å²) < 4.78 is 13.1. The fourth-order valence-corrected chi connectivity index (χ4v) is 8.27. The molecule has 0 amide bonds. The summed E-state index contributed by atoms with van der Waals surface area (Å²) >= 11 is 0. The largest absolute Gasteiger partial charge is 0.458 e. The maximum atomic E-state index is 6.69. The van der Waals surface area contributed by atoms with Gasteiger partial charge in [-0.2, -0.15) is 0 Å². The van der Waals surface area contributed by atoms with Crippen molar-refractivity contribution in [3.05, 3.63) is 188 Å². The van der Waals surface area contributed by atoms with Crippen LogP contribution < -0.4 is 9.30 Å². The normalized spacial score (nSPS) is 11.8. The first-order chi connectivity index (χ1) is 28.3. The van der Waals surface area contributed by atoms with Crippen LogP contribution in [-0.2, 0) is 5.41 Å². The lowest BCUT2D eigenvalue weighted by molar-refractivity contribution is -0.598. The summed E-state index contributed by atoms with van der Waals surface area (Å²) in [6, 6.07) is 53.5. The lowest BCUT2D eigenvalue weighted by Gasteiger charge is -2.19. The van der Waals surface area contributed by atoms with Crippen LogP contribution in [0.15, 0.2) is 170 Å². The molecule has 0 N–H and O–H groups in total. The molecular formula is C53H48N4O. The third kappa shape index (κ3) is 6.98. The van der Waals surface area contributed by atoms with E-state index in [9.17, 15) is 0 Å². The Morgan fingerprint density at radius 2 is 1.34 bits per heavy atom. The highest BCUT2D eigenvalue weighted by atomic mass is 16.5. The number of hydrogen-bond acceptors (Lipinski definition) is 2. The van der Waals surface area contributed by atoms with Gasteiger partial charge in [-0.05, 0) is 112 Å². The van der Waals surface area contributed by atoms with Crippen molar-refractivity contribution in [2.24, 2.45) is 0 Å². The van der Waals surface area contributed by atoms with Gasteiger partial charge in [0, 0.05) is 35.4 Å². The lowest BCUT2D eigenvalue weighted by Crippen LogP contribution is -2.30. The van der Waals surface area contributed by atoms with E-state index in [2.05, 4.69) is 202 Å². The molecule has 0 unspecified atom stereocenters. The van der Waals surface area contributed by atoms with Gasteiger partial charge in [0.05, 0.1) is 22.4 Å². The van der Waals surface area contributed by atoms with E-state index in [0.29, 0.717) is 5.92 Å². The van der Waals surface area contributed by atoms with E-state index in [-0.39, 0.29) is 5.41 Å². The van der Waals surface area contributed by atoms with Crippen molar-refractivity contribution >= 4 is 21.8 Å². The van der Waals surface area contributed by atoms with Gasteiger partial charge < -0.3 is 4.74 Å². The average Bonchev–Trinajstić information content (AvgIpc) is 3.87. The van der Waals surface area contributed by atoms with Gasteiger partial charge in [0.15, 0.2) is 0 Å². The van der Waals surface area contributed by atoms with E-state index in [1.807, 2.05) is 22.9 Å². The number of ether oxygens (including phenoxy) is 1. The highest BCUT2D eigenvalue weighted by molar-refractivity contribution is 6.09. The second-order valence-electron chi connectivity index (χ2n) is 16.1. The van der Waals surface area contributed by atoms with Gasteiger partial charge in [0.2, 0.25) is 0 Å². The van der Waals surface area contributed by atoms with E-state index < -0.39 is 0 Å². The van der Waals surface area contributed by atoms with E-state index in [1.165, 1.54) is 21.9 Å². The van der Waals surface area contributed by atoms with Crippen LogP contribution in [0.1, 0.15) is 64.5 Å². The number of aromatic nitrogens is 4. The maximum absolute atomic E-state index is 6.69. The first-order valence-electron chi connectivity index (χ1n) is 20.4. The van der Waals surface area contributed by atoms with Crippen molar-refractivity contribution in [2.75, 3.05) is 0 Å². The van der Waals surface area contributed by atoms with Crippen molar-refractivity contribution in [1.29, 1.82) is 0 Å². The number of hydrogen-bond donors (Lipinski definition) is 0. The van der Waals surface area contributed by atoms with Crippen LogP contribution >= 0.6 is 0 Å². The number of imidazole rings is 1. The van der Waals surface area contributed by atoms with Crippen molar-refractivity contribution in [2.45, 2.75) is 58.8 Å². The van der Waals surface area contributed by atoms with Crippen LogP contribution in [0.5, 0.6) is 11.5 Å². The predicted molar refractivity (Wildman–Crippen MR) is 238 cm³/mol. The number of pyridine rings is 1. The summed E-state index contributed by atoms with van der Waals surface area (Å²) in [5, 5.41) is 2.39. The molecule has 0 aliphatic rings. The van der Waals surface area contributed by atoms with Crippen molar-refractivity contribution in [3.63, 3.8) is 0 Å². The van der Waals surface area contributed by atoms with Gasteiger partial charge in [0.25, 0.3) is 6.33 Å². The van der Waals surface area contributed by atoms with Gasteiger partial charge in [-0.15, -0.1) is 0 Å². The molecule has 286 valence electrons. The van der Waals surface area contributed by atoms with E-state index in [4.69, 9.17) is 9.72 Å². The molecule has 0 saturated carbocycles. The van der Waals surface area contributed by atoms with E-state index in [1.54, 1.807) is 0 Å². The predicted octanol–water partition coefficient (Wildman–Crippen LogP) is 13.4. The molecule has 0 aliphatic carbocycles. The first-order valence-corrected chi connectivity index (χ1v) is 20.4. The number of rotatable bonds is 10. The van der Waals surface area contributed by atoms with Crippen LogP contribution in [0.4, 0.5) is 0 Å². The topological polar surface area (TPSA) is 35.9 Å². The molecule has 0 saturated heterocycles. The molecule has 9 aromatic rings. The molecule has 5 nitrogen and oxygen atoms in total. The first kappa shape index (κ1) is 36.9. The second-order valence-corrected chi connectivity index (χ2v) is 16.1. The number of para-hydroxylation sites is 1. The minimum atomic E-state index is 0.0240. The highest BCUT2D eigenvalue weighted by Crippen LogP contribution is 2.38. The third-order valence-electron chi connectivity index (χ3n) is 11.4. The molecule has 3 aromatic heterocycles. The minimum absolute atomic E-state index is 0.0240. The molecule has 0 spiro atoms. The van der Waals surface area contributed by atoms with Gasteiger partial charge in [0.1, 0.15) is 17.3 Å². The zero-order valence-corrected chi connectivity index (χ0v) is 33.9. The number of fused-ring (bicyclic) bond motifs is 3. The second kappa shape index (κ2) is 15.3. The summed E-state index contributed by atoms with van der Waals surface area (Å²) in [7, 11) is 0. The van der Waals surface area contributed by atoms with Crippen molar-refractivity contribution in [3.8, 4) is 50.9 Å². The van der Waals surface area contributed by atoms with Crippen LogP contribution in [-0.4, -0.2) is 14.1 Å². The number of nitrogens with zero attached hydrogens (tertiary/aromatic N) is 4. The summed E-state index contributed by atoms with van der Waals surface area (Å²) in [5.41, 5.74) is 11.4. The SMILES string of the molecule is CCC(CC)c1ccnc(-n2c3ccc(C(C)(C)C)cc3c3ccc(Oc4cccc(-n5[c-][n+](-c6c(-c7ccccc7)cccc6-c6ccccc6)cc5)c4)cc32)c1. The van der Waals surface area contributed by atoms with E-state index >= 15 is 0 Å². The monoisotopic (exact) mass is 756 g/mol. The van der Waals surface area contributed by atoms with Gasteiger partial charge in [-0.25, -0.2) is 4.98 Å². The fraction of sp³-hybridized carbons (Fsp3) is 0.170. The molecule has 9 rings (SSSR count). The summed E-state index contributed by atoms with van der Waals surface area (Å²) in [6.07, 6.45) is 11.9. The number of benzene rings is 6. The van der Waals surface area contributed by atoms with Gasteiger partial charge in [-0.1, -0.05) is 126 Å². The molecule has 3 heterocycles. The summed E-state index contributed by atoms with van der Waals surface area (Å²) in [4.78, 5) is 4.95. The zero-order valence-electron chi connectivity index (χ0n) is 33.9. The lowest BCUT2D eigenvalue weighted by atomic mass is 9.86. The Morgan fingerprint density at radius 3 is 2.03 bits per heavy atom. The average molecular weight is 757 g/mol. The van der Waals surface area contributed by atoms with Crippen LogP contribution in [0.2, 0.25) is 0 Å². The van der Waals surface area contributed by atoms with Crippen molar-refractivity contribution < 1.29 is 9.30 Å². The highest BCUT2D eigenvalue weighted by Gasteiger charge is 2.21. The molecule has 0 aliphatic heterocycles. The fourth-order valence-electron chi connectivity index (χ4n) is 8.27. The summed E-state index contributed by atoms with van der Waals surface area (Å²) in [6.45, 7) is 11.3. The van der Waals surface area contributed by atoms with Crippen LogP contribution in [0, 0.1) is 6.33 Å². The molecule has 0 bridgehead atoms. The smallest absolute Gasteiger partial charge is 0.268 e. The standard InChI is InChI=1S/C53H48N4O/c1-6-37(7-2)40-28-29-54-51(32-40)57-49-27-24-41(53(3,4)5)33-48(49)47-26-25-44(35-50(47)57)58-43-21-14-20-42(34-43)55-30-31-56(36-55)52-45(38-16-10-8-11-17-38)22-15-23-46(52)39-18-12-9-13-19-39/h8-35,37H,6-7H2,1-5H3. The Labute approximate surface area is 341 Å². The van der Waals surface area contributed by atoms with Gasteiger partial charge in [-0.3, -0.25) is 13.7 Å². The minimum Gasteiger partial charge on any atom is -0.458 e. The maximum Gasteiger partial charge on any atom is 0.268 e. The third-order valence-corrected chi connectivity index (χ3v) is 11.4. The molecule has 6 aromatic carbocycles. The van der Waals surface area contributed by atoms with Gasteiger partial charge >= 0.3 is 0 Å². The molecule has 5 heteroatoms. The van der Waals surface area contributed by atoms with Crippen LogP contribution in [0.3, 0.4) is 0 Å². The molecular weight excluding hydrogens is 709 g/mol. The van der Waals surface area contributed by atoms with E-state index in [0.717, 1.165) is 74.8 Å². The van der Waals surface area contributed by atoms with Crippen molar-refractivity contribution in [1.82, 2.24) is 14.1 Å². The molecule has 0 fully saturated rings.